The molecule has 1 atom stereocenters. The van der Waals surface area contributed by atoms with E-state index < -0.39 is 12.1 Å². The third kappa shape index (κ3) is 5.00. The van der Waals surface area contributed by atoms with Crippen molar-refractivity contribution in [2.24, 2.45) is 0 Å². The number of allylic oxidation sites excluding steroid dienone is 1. The predicted molar refractivity (Wildman–Crippen MR) is 107 cm³/mol. The average Bonchev–Trinajstić information content (AvgIpc) is 3.14. The van der Waals surface area contributed by atoms with E-state index in [0.717, 1.165) is 25.7 Å². The Hall–Kier alpha value is -2.63. The van der Waals surface area contributed by atoms with E-state index in [1.54, 1.807) is 36.1 Å². The minimum absolute atomic E-state index is 0.00283. The first-order valence-corrected chi connectivity index (χ1v) is 10.1. The van der Waals surface area contributed by atoms with Gasteiger partial charge in [0.05, 0.1) is 11.3 Å². The third-order valence-corrected chi connectivity index (χ3v) is 5.27. The van der Waals surface area contributed by atoms with Gasteiger partial charge in [-0.15, -0.1) is 0 Å². The lowest BCUT2D eigenvalue weighted by atomic mass is 9.97. The van der Waals surface area contributed by atoms with Crippen molar-refractivity contribution >= 4 is 23.5 Å². The maximum absolute atomic E-state index is 12.6. The van der Waals surface area contributed by atoms with Gasteiger partial charge in [-0.05, 0) is 57.6 Å². The van der Waals surface area contributed by atoms with Crippen LogP contribution >= 0.6 is 0 Å². The molecule has 28 heavy (non-hydrogen) atoms. The highest BCUT2D eigenvalue weighted by Crippen LogP contribution is 2.26. The first-order chi connectivity index (χ1) is 13.6. The largest absolute Gasteiger partial charge is 0.449 e. The molecule has 1 aliphatic carbocycles. The highest BCUT2D eigenvalue weighted by Gasteiger charge is 2.27. The summed E-state index contributed by atoms with van der Waals surface area (Å²) in [6.45, 7) is 2.71. The van der Waals surface area contributed by atoms with E-state index in [1.807, 2.05) is 0 Å². The van der Waals surface area contributed by atoms with Crippen LogP contribution < -0.4 is 10.2 Å². The number of nitrogens with zero attached hydrogens (tertiary/aromatic N) is 1. The van der Waals surface area contributed by atoms with Crippen LogP contribution in [-0.2, 0) is 14.3 Å². The Bertz CT molecular complexity index is 772. The van der Waals surface area contributed by atoms with Gasteiger partial charge in [0.2, 0.25) is 5.91 Å². The number of anilines is 1. The van der Waals surface area contributed by atoms with E-state index in [-0.39, 0.29) is 11.8 Å². The smallest absolute Gasteiger partial charge is 0.341 e. The normalized spacial score (nSPS) is 17.8. The molecule has 150 valence electrons. The first-order valence-electron chi connectivity index (χ1n) is 10.1. The van der Waals surface area contributed by atoms with Crippen LogP contribution in [0.2, 0.25) is 0 Å². The van der Waals surface area contributed by atoms with E-state index in [0.29, 0.717) is 30.8 Å². The fraction of sp³-hybridized carbons (Fsp3) is 0.500. The average molecular weight is 384 g/mol. The lowest BCUT2D eigenvalue weighted by molar-refractivity contribution is -0.129. The lowest BCUT2D eigenvalue weighted by Crippen LogP contribution is -2.36. The van der Waals surface area contributed by atoms with Crippen LogP contribution in [0, 0.1) is 0 Å². The monoisotopic (exact) mass is 384 g/mol. The zero-order valence-electron chi connectivity index (χ0n) is 16.4. The van der Waals surface area contributed by atoms with Gasteiger partial charge in [0.1, 0.15) is 0 Å². The van der Waals surface area contributed by atoms with Gasteiger partial charge in [0.25, 0.3) is 5.91 Å². The summed E-state index contributed by atoms with van der Waals surface area (Å²) < 4.78 is 5.37. The van der Waals surface area contributed by atoms with Crippen LogP contribution in [-0.4, -0.2) is 37.0 Å². The van der Waals surface area contributed by atoms with Crippen LogP contribution in [0.1, 0.15) is 62.2 Å². The number of hydrogen-bond acceptors (Lipinski definition) is 4. The van der Waals surface area contributed by atoms with Crippen molar-refractivity contribution in [2.75, 3.05) is 18.0 Å². The molecule has 3 rings (SSSR count). The summed E-state index contributed by atoms with van der Waals surface area (Å²) in [7, 11) is 0. The Labute approximate surface area is 165 Å². The second-order valence-electron chi connectivity index (χ2n) is 7.36. The van der Waals surface area contributed by atoms with Gasteiger partial charge >= 0.3 is 5.97 Å². The summed E-state index contributed by atoms with van der Waals surface area (Å²) in [6.07, 6.45) is 8.15. The Morgan fingerprint density at radius 1 is 1.18 bits per heavy atom. The zero-order valence-corrected chi connectivity index (χ0v) is 16.4. The molecule has 0 unspecified atom stereocenters. The molecule has 1 aromatic carbocycles. The maximum Gasteiger partial charge on any atom is 0.341 e. The second-order valence-corrected chi connectivity index (χ2v) is 7.36. The van der Waals surface area contributed by atoms with Crippen molar-refractivity contribution in [1.82, 2.24) is 5.32 Å². The molecule has 1 N–H and O–H groups in total. The van der Waals surface area contributed by atoms with Gasteiger partial charge in [-0.2, -0.15) is 0 Å². The van der Waals surface area contributed by atoms with E-state index in [4.69, 9.17) is 4.74 Å². The van der Waals surface area contributed by atoms with Gasteiger partial charge in [-0.25, -0.2) is 4.79 Å². The molecule has 0 aromatic heterocycles. The lowest BCUT2D eigenvalue weighted by Gasteiger charge is -2.20. The van der Waals surface area contributed by atoms with Crippen LogP contribution in [0.4, 0.5) is 5.69 Å². The molecule has 2 aliphatic rings. The number of hydrogen-bond donors (Lipinski definition) is 1. The quantitative estimate of drug-likeness (QED) is 0.578. The number of para-hydroxylation sites is 1. The number of esters is 1. The Kier molecular flexibility index (Phi) is 6.85. The zero-order chi connectivity index (χ0) is 19.9. The molecule has 2 amide bonds. The summed E-state index contributed by atoms with van der Waals surface area (Å²) in [4.78, 5) is 38.5. The molecule has 1 saturated heterocycles. The van der Waals surface area contributed by atoms with Crippen molar-refractivity contribution in [2.45, 2.75) is 58.0 Å². The first kappa shape index (κ1) is 20.1. The number of nitrogens with one attached hydrogen (secondary N) is 1. The minimum Gasteiger partial charge on any atom is -0.449 e. The summed E-state index contributed by atoms with van der Waals surface area (Å²) in [5, 5.41) is 2.84. The van der Waals surface area contributed by atoms with E-state index in [1.165, 1.54) is 18.4 Å². The number of carbonyl (C=O) groups excluding carboxylic acids is 3. The Morgan fingerprint density at radius 2 is 2.00 bits per heavy atom. The van der Waals surface area contributed by atoms with Crippen molar-refractivity contribution < 1.29 is 19.1 Å². The molecule has 6 heteroatoms. The molecule has 1 aromatic rings. The summed E-state index contributed by atoms with van der Waals surface area (Å²) >= 11 is 0. The van der Waals surface area contributed by atoms with Gasteiger partial charge in [0, 0.05) is 19.5 Å². The van der Waals surface area contributed by atoms with Gasteiger partial charge in [-0.3, -0.25) is 9.59 Å². The summed E-state index contributed by atoms with van der Waals surface area (Å²) in [5.74, 6) is -0.893. The van der Waals surface area contributed by atoms with Crippen LogP contribution in [0.3, 0.4) is 0 Å². The van der Waals surface area contributed by atoms with Crippen LogP contribution in [0.5, 0.6) is 0 Å². The van der Waals surface area contributed by atoms with Crippen LogP contribution in [0.15, 0.2) is 35.9 Å². The highest BCUT2D eigenvalue weighted by atomic mass is 16.5. The maximum atomic E-state index is 12.6. The van der Waals surface area contributed by atoms with Gasteiger partial charge < -0.3 is 15.0 Å². The molecule has 0 saturated carbocycles. The molecule has 1 aliphatic heterocycles. The molecular formula is C22H28N2O4. The third-order valence-electron chi connectivity index (χ3n) is 5.27. The molecule has 0 radical (unpaired) electrons. The molecule has 1 fully saturated rings. The highest BCUT2D eigenvalue weighted by molar-refractivity contribution is 6.04. The number of ether oxygens (including phenoxy) is 1. The number of benzene rings is 1. The van der Waals surface area contributed by atoms with E-state index in [2.05, 4.69) is 11.4 Å². The van der Waals surface area contributed by atoms with Crippen molar-refractivity contribution in [3.63, 3.8) is 0 Å². The van der Waals surface area contributed by atoms with Crippen molar-refractivity contribution in [3.8, 4) is 0 Å². The Balaban J connectivity index is 1.54. The van der Waals surface area contributed by atoms with E-state index in [9.17, 15) is 14.4 Å². The fourth-order valence-electron chi connectivity index (χ4n) is 3.68. The number of amides is 2. The predicted octanol–water partition coefficient (Wildman–Crippen LogP) is 3.37. The summed E-state index contributed by atoms with van der Waals surface area (Å²) in [5.41, 5.74) is 2.25. The van der Waals surface area contributed by atoms with Crippen LogP contribution in [0.25, 0.3) is 0 Å². The molecule has 1 heterocycles. The Morgan fingerprint density at radius 3 is 2.71 bits per heavy atom. The molecule has 0 spiro atoms. The minimum atomic E-state index is -0.893. The standard InChI is InChI=1S/C22H28N2O4/c1-16(21(26)23-14-13-17-8-3-2-4-9-17)28-22(27)18-10-5-6-11-19(18)24-15-7-12-20(24)25/h5-6,8,10-11,16H,2-4,7,9,12-15H2,1H3,(H,23,26)/t16-/m1/s1. The van der Waals surface area contributed by atoms with Crippen molar-refractivity contribution in [3.05, 3.63) is 41.5 Å². The molecular weight excluding hydrogens is 356 g/mol. The van der Waals surface area contributed by atoms with Crippen molar-refractivity contribution in [1.29, 1.82) is 0 Å². The second kappa shape index (κ2) is 9.53. The topological polar surface area (TPSA) is 75.7 Å². The number of rotatable bonds is 7. The summed E-state index contributed by atoms with van der Waals surface area (Å²) in [6, 6.07) is 6.88. The fourth-order valence-corrected chi connectivity index (χ4v) is 3.68. The molecule has 0 bridgehead atoms. The van der Waals surface area contributed by atoms with Gasteiger partial charge in [0.15, 0.2) is 6.10 Å². The number of carbonyl (C=O) groups is 3. The van der Waals surface area contributed by atoms with E-state index >= 15 is 0 Å². The van der Waals surface area contributed by atoms with Gasteiger partial charge in [-0.1, -0.05) is 23.8 Å². The molecule has 6 nitrogen and oxygen atoms in total. The SMILES string of the molecule is C[C@@H](OC(=O)c1ccccc1N1CCCC1=O)C(=O)NCCC1=CCCCC1.